The van der Waals surface area contributed by atoms with Gasteiger partial charge in [-0.1, -0.05) is 52.8 Å². The Labute approximate surface area is 257 Å². The number of benzene rings is 3. The molecule has 1 N–H and O–H groups in total. The molecule has 1 heterocycles. The van der Waals surface area contributed by atoms with E-state index in [0.717, 1.165) is 11.1 Å². The number of nitrogens with one attached hydrogen (secondary N) is 1. The van der Waals surface area contributed by atoms with E-state index in [4.69, 9.17) is 0 Å². The molecule has 0 unspecified atom stereocenters. The minimum absolute atomic E-state index is 0.0286. The maximum Gasteiger partial charge on any atom is 0.294 e. The number of aryl methyl sites for hydroxylation is 1. The van der Waals surface area contributed by atoms with E-state index < -0.39 is 11.4 Å². The summed E-state index contributed by atoms with van der Waals surface area (Å²) in [4.78, 5) is 57.1. The summed E-state index contributed by atoms with van der Waals surface area (Å²) >= 11 is 0. The van der Waals surface area contributed by atoms with Crippen molar-refractivity contribution in [3.63, 3.8) is 0 Å². The summed E-state index contributed by atoms with van der Waals surface area (Å²) in [6.45, 7) is 11.4. The lowest BCUT2D eigenvalue weighted by Gasteiger charge is -2.19. The second-order valence-corrected chi connectivity index (χ2v) is 11.4. The van der Waals surface area contributed by atoms with Crippen LogP contribution >= 0.6 is 0 Å². The number of Topliss-reactive ketones (excluding diaryl/α,β-unsaturated/α-hetero) is 1. The third kappa shape index (κ3) is 7.08. The van der Waals surface area contributed by atoms with Crippen LogP contribution in [0.2, 0.25) is 0 Å². The van der Waals surface area contributed by atoms with E-state index in [0.29, 0.717) is 46.4 Å². The number of hydrogen-bond acceptors (Lipinski definition) is 5. The van der Waals surface area contributed by atoms with E-state index in [1.165, 1.54) is 35.0 Å². The molecule has 0 spiro atoms. The molecule has 0 aliphatic heterocycles. The van der Waals surface area contributed by atoms with Gasteiger partial charge in [0, 0.05) is 34.6 Å². The summed E-state index contributed by atoms with van der Waals surface area (Å²) in [7, 11) is 0. The van der Waals surface area contributed by atoms with Gasteiger partial charge in [-0.2, -0.15) is 0 Å². The van der Waals surface area contributed by atoms with E-state index in [-0.39, 0.29) is 41.7 Å². The summed E-state index contributed by atoms with van der Waals surface area (Å²) in [5.74, 6) is -1.37. The minimum Gasteiger partial charge on any atom is -0.306 e. The molecule has 228 valence electrons. The highest BCUT2D eigenvalue weighted by atomic mass is 19.1. The zero-order chi connectivity index (χ0) is 32.1. The molecule has 0 aliphatic rings. The number of amides is 1. The molecule has 4 aromatic rings. The molecule has 1 amide bonds. The molecule has 1 aromatic heterocycles. The molecule has 0 saturated heterocycles. The molecule has 0 radical (unpaired) electrons. The Morgan fingerprint density at radius 3 is 2.23 bits per heavy atom. The molecular formula is C36H38FN3O4. The second-order valence-electron chi connectivity index (χ2n) is 11.4. The van der Waals surface area contributed by atoms with Crippen LogP contribution in [0.1, 0.15) is 96.3 Å². The fourth-order valence-corrected chi connectivity index (χ4v) is 4.87. The van der Waals surface area contributed by atoms with Crippen molar-refractivity contribution in [3.05, 3.63) is 116 Å². The number of hydrogen-bond donors (Lipinski definition) is 1. The van der Waals surface area contributed by atoms with Crippen LogP contribution < -0.4 is 10.9 Å². The van der Waals surface area contributed by atoms with Gasteiger partial charge in [0.2, 0.25) is 5.91 Å². The number of aromatic nitrogens is 2. The maximum absolute atomic E-state index is 14.0. The van der Waals surface area contributed by atoms with Gasteiger partial charge in [-0.05, 0) is 78.4 Å². The van der Waals surface area contributed by atoms with E-state index in [1.54, 1.807) is 32.0 Å². The first kappa shape index (κ1) is 32.2. The van der Waals surface area contributed by atoms with Crippen LogP contribution in [-0.4, -0.2) is 27.0 Å². The first-order valence-corrected chi connectivity index (χ1v) is 14.9. The fourth-order valence-electron chi connectivity index (χ4n) is 4.87. The van der Waals surface area contributed by atoms with E-state index in [1.807, 2.05) is 45.9 Å². The molecule has 8 heteroatoms. The molecule has 3 aromatic carbocycles. The normalized spacial score (nSPS) is 11.8. The van der Waals surface area contributed by atoms with Crippen LogP contribution in [0.5, 0.6) is 0 Å². The molecule has 0 saturated carbocycles. The summed E-state index contributed by atoms with van der Waals surface area (Å²) < 4.78 is 15.1. The van der Waals surface area contributed by atoms with Crippen molar-refractivity contribution < 1.29 is 18.8 Å². The monoisotopic (exact) mass is 595 g/mol. The molecule has 44 heavy (non-hydrogen) atoms. The average molecular weight is 596 g/mol. The highest BCUT2D eigenvalue weighted by molar-refractivity contribution is 6.09. The van der Waals surface area contributed by atoms with Gasteiger partial charge < -0.3 is 5.32 Å². The Balaban J connectivity index is 1.89. The lowest BCUT2D eigenvalue weighted by atomic mass is 9.94. The summed E-state index contributed by atoms with van der Waals surface area (Å²) in [6, 6.07) is 16.3. The number of nitrogens with zero attached hydrogens (tertiary/aromatic N) is 2. The Kier molecular flexibility index (Phi) is 10.0. The lowest BCUT2D eigenvalue weighted by Crippen LogP contribution is -2.31. The van der Waals surface area contributed by atoms with Crippen LogP contribution in [0.3, 0.4) is 0 Å². The molecule has 7 nitrogen and oxygen atoms in total. The Morgan fingerprint density at radius 1 is 0.909 bits per heavy atom. The van der Waals surface area contributed by atoms with Gasteiger partial charge in [0.05, 0.1) is 18.4 Å². The van der Waals surface area contributed by atoms with Crippen molar-refractivity contribution in [1.29, 1.82) is 0 Å². The van der Waals surface area contributed by atoms with Crippen molar-refractivity contribution >= 4 is 23.3 Å². The van der Waals surface area contributed by atoms with Crippen LogP contribution in [0.15, 0.2) is 71.7 Å². The zero-order valence-electron chi connectivity index (χ0n) is 26.0. The SMILES string of the molecule is CCC(=O)c1ccc(C)c(-c2cnc(NC(=O)[C@H](C)CC)c(=O)n2Cc2cc(C(=O)c3ccc(F)cc3)cc(C(C)C)c2)c1. The van der Waals surface area contributed by atoms with Gasteiger partial charge in [-0.25, -0.2) is 9.37 Å². The van der Waals surface area contributed by atoms with Crippen LogP contribution in [-0.2, 0) is 11.3 Å². The number of halogens is 1. The van der Waals surface area contributed by atoms with Gasteiger partial charge in [0.15, 0.2) is 17.4 Å². The fraction of sp³-hybridized carbons (Fsp3) is 0.306. The van der Waals surface area contributed by atoms with Crippen molar-refractivity contribution in [2.45, 2.75) is 66.8 Å². The smallest absolute Gasteiger partial charge is 0.294 e. The highest BCUT2D eigenvalue weighted by Crippen LogP contribution is 2.27. The Morgan fingerprint density at radius 2 is 1.59 bits per heavy atom. The molecule has 0 bridgehead atoms. The number of ketones is 2. The summed E-state index contributed by atoms with van der Waals surface area (Å²) in [6.07, 6.45) is 2.47. The molecule has 0 aliphatic carbocycles. The van der Waals surface area contributed by atoms with Crippen molar-refractivity contribution in [3.8, 4) is 11.3 Å². The number of rotatable bonds is 11. The van der Waals surface area contributed by atoms with Gasteiger partial charge in [-0.3, -0.25) is 23.7 Å². The van der Waals surface area contributed by atoms with Gasteiger partial charge in [0.25, 0.3) is 5.56 Å². The average Bonchev–Trinajstić information content (AvgIpc) is 3.02. The lowest BCUT2D eigenvalue weighted by molar-refractivity contribution is -0.119. The topological polar surface area (TPSA) is 98.1 Å². The summed E-state index contributed by atoms with van der Waals surface area (Å²) in [5, 5.41) is 2.68. The highest BCUT2D eigenvalue weighted by Gasteiger charge is 2.20. The quantitative estimate of drug-likeness (QED) is 0.183. The predicted molar refractivity (Wildman–Crippen MR) is 171 cm³/mol. The molecule has 4 rings (SSSR count). The van der Waals surface area contributed by atoms with Crippen molar-refractivity contribution in [2.24, 2.45) is 5.92 Å². The van der Waals surface area contributed by atoms with Gasteiger partial charge in [0.1, 0.15) is 5.82 Å². The van der Waals surface area contributed by atoms with Crippen LogP contribution in [0, 0.1) is 18.7 Å². The van der Waals surface area contributed by atoms with Crippen molar-refractivity contribution in [2.75, 3.05) is 5.32 Å². The second kappa shape index (κ2) is 13.7. The number of anilines is 1. The standard InChI is InChI=1S/C36H38FN3O4/c1-7-22(5)35(43)39-34-36(44)40(31(19-38-34)30-18-26(32(41)8-2)10-9-23(30)6)20-24-15-27(21(3)4)17-28(16-24)33(42)25-11-13-29(37)14-12-25/h9-19,21-22H,7-8,20H2,1-6H3,(H,38,39,43)/t22-/m1/s1. The number of carbonyl (C=O) groups is 3. The van der Waals surface area contributed by atoms with E-state index in [9.17, 15) is 23.6 Å². The third-order valence-corrected chi connectivity index (χ3v) is 7.90. The summed E-state index contributed by atoms with van der Waals surface area (Å²) in [5.41, 5.74) is 4.34. The predicted octanol–water partition coefficient (Wildman–Crippen LogP) is 7.34. The number of carbonyl (C=O) groups excluding carboxylic acids is 3. The first-order chi connectivity index (χ1) is 20.9. The Hall–Kier alpha value is -4.72. The van der Waals surface area contributed by atoms with Gasteiger partial charge in [-0.15, -0.1) is 0 Å². The van der Waals surface area contributed by atoms with E-state index in [2.05, 4.69) is 10.3 Å². The molecular weight excluding hydrogens is 557 g/mol. The van der Waals surface area contributed by atoms with Gasteiger partial charge >= 0.3 is 0 Å². The Bertz CT molecular complexity index is 1770. The van der Waals surface area contributed by atoms with E-state index >= 15 is 0 Å². The molecule has 0 fully saturated rings. The maximum atomic E-state index is 14.0. The van der Waals surface area contributed by atoms with Crippen LogP contribution in [0.25, 0.3) is 11.3 Å². The third-order valence-electron chi connectivity index (χ3n) is 7.90. The minimum atomic E-state index is -0.507. The zero-order valence-corrected chi connectivity index (χ0v) is 26.0. The van der Waals surface area contributed by atoms with Crippen molar-refractivity contribution in [1.82, 2.24) is 9.55 Å². The largest absolute Gasteiger partial charge is 0.306 e. The van der Waals surface area contributed by atoms with Crippen LogP contribution in [0.4, 0.5) is 10.2 Å². The first-order valence-electron chi connectivity index (χ1n) is 14.9. The molecule has 1 atom stereocenters.